The van der Waals surface area contributed by atoms with Crippen LogP contribution in [0.1, 0.15) is 23.2 Å². The van der Waals surface area contributed by atoms with E-state index in [1.54, 1.807) is 0 Å². The number of benzene rings is 1. The minimum Gasteiger partial charge on any atom is -0.342 e. The maximum Gasteiger partial charge on any atom is 0.120 e. The summed E-state index contributed by atoms with van der Waals surface area (Å²) in [5.74, 6) is 0. The van der Waals surface area contributed by atoms with Gasteiger partial charge in [-0.1, -0.05) is 30.3 Å². The first kappa shape index (κ1) is 13.4. The first-order chi connectivity index (χ1) is 9.29. The average Bonchev–Trinajstić information content (AvgIpc) is 2.80. The van der Waals surface area contributed by atoms with Crippen molar-refractivity contribution in [3.05, 3.63) is 59.4 Å². The van der Waals surface area contributed by atoms with E-state index in [0.29, 0.717) is 5.69 Å². The number of hydrogen-bond acceptors (Lipinski definition) is 2. The molecule has 0 saturated carbocycles. The highest BCUT2D eigenvalue weighted by molar-refractivity contribution is 5.28. The third kappa shape index (κ3) is 3.97. The fourth-order valence-corrected chi connectivity index (χ4v) is 2.14. The van der Waals surface area contributed by atoms with E-state index in [1.165, 1.54) is 11.1 Å². The molecule has 2 rings (SSSR count). The van der Waals surface area contributed by atoms with Crippen molar-refractivity contribution in [2.24, 2.45) is 7.05 Å². The Bertz CT molecular complexity index is 549. The van der Waals surface area contributed by atoms with Crippen LogP contribution in [0, 0.1) is 11.3 Å². The largest absolute Gasteiger partial charge is 0.342 e. The van der Waals surface area contributed by atoms with Gasteiger partial charge in [-0.25, -0.2) is 0 Å². The van der Waals surface area contributed by atoms with Crippen LogP contribution < -0.4 is 5.32 Å². The smallest absolute Gasteiger partial charge is 0.120 e. The molecule has 0 saturated heterocycles. The molecule has 1 aromatic carbocycles. The molecule has 0 atom stereocenters. The van der Waals surface area contributed by atoms with Crippen LogP contribution in [0.5, 0.6) is 0 Å². The fourth-order valence-electron chi connectivity index (χ4n) is 2.14. The molecule has 19 heavy (non-hydrogen) atoms. The highest BCUT2D eigenvalue weighted by atomic mass is 14.9. The van der Waals surface area contributed by atoms with Gasteiger partial charge in [0, 0.05) is 19.8 Å². The van der Waals surface area contributed by atoms with Gasteiger partial charge in [0.2, 0.25) is 0 Å². The van der Waals surface area contributed by atoms with E-state index < -0.39 is 0 Å². The van der Waals surface area contributed by atoms with E-state index >= 15 is 0 Å². The molecule has 0 radical (unpaired) electrons. The van der Waals surface area contributed by atoms with Crippen LogP contribution in [0.25, 0.3) is 0 Å². The second-order valence-electron chi connectivity index (χ2n) is 4.72. The first-order valence-corrected chi connectivity index (χ1v) is 6.59. The number of aromatic nitrogens is 1. The predicted octanol–water partition coefficient (Wildman–Crippen LogP) is 2.62. The molecule has 1 aromatic heterocycles. The molecule has 0 unspecified atom stereocenters. The molecule has 0 aliphatic rings. The molecule has 3 heteroatoms. The minimum atomic E-state index is 0.709. The zero-order valence-electron chi connectivity index (χ0n) is 11.3. The highest BCUT2D eigenvalue weighted by Crippen LogP contribution is 2.06. The molecule has 2 aromatic rings. The molecular weight excluding hydrogens is 234 g/mol. The molecule has 1 N–H and O–H groups in total. The predicted molar refractivity (Wildman–Crippen MR) is 76.6 cm³/mol. The van der Waals surface area contributed by atoms with Gasteiger partial charge in [-0.2, -0.15) is 5.26 Å². The Morgan fingerprint density at radius 3 is 2.68 bits per heavy atom. The van der Waals surface area contributed by atoms with Gasteiger partial charge in [0.25, 0.3) is 0 Å². The van der Waals surface area contributed by atoms with Crippen molar-refractivity contribution in [3.8, 4) is 6.07 Å². The summed E-state index contributed by atoms with van der Waals surface area (Å²) in [6.45, 7) is 1.82. The van der Waals surface area contributed by atoms with Crippen molar-refractivity contribution in [2.75, 3.05) is 6.54 Å². The molecule has 3 nitrogen and oxygen atoms in total. The Kier molecular flexibility index (Phi) is 4.77. The zero-order valence-corrected chi connectivity index (χ0v) is 11.3. The van der Waals surface area contributed by atoms with E-state index in [2.05, 4.69) is 35.7 Å². The summed E-state index contributed by atoms with van der Waals surface area (Å²) in [5, 5.41) is 12.3. The van der Waals surface area contributed by atoms with Gasteiger partial charge < -0.3 is 9.88 Å². The topological polar surface area (TPSA) is 40.8 Å². The van der Waals surface area contributed by atoms with Crippen molar-refractivity contribution in [1.82, 2.24) is 9.88 Å². The number of nitriles is 1. The lowest BCUT2D eigenvalue weighted by molar-refractivity contribution is 0.649. The van der Waals surface area contributed by atoms with Crippen LogP contribution >= 0.6 is 0 Å². The number of nitrogens with one attached hydrogen (secondary N) is 1. The fraction of sp³-hybridized carbons (Fsp3) is 0.312. The molecule has 0 aliphatic heterocycles. The van der Waals surface area contributed by atoms with Gasteiger partial charge in [-0.3, -0.25) is 0 Å². The lowest BCUT2D eigenvalue weighted by Crippen LogP contribution is -2.14. The lowest BCUT2D eigenvalue weighted by atomic mass is 10.1. The summed E-state index contributed by atoms with van der Waals surface area (Å²) in [5.41, 5.74) is 3.26. The van der Waals surface area contributed by atoms with E-state index in [9.17, 15) is 0 Å². The van der Waals surface area contributed by atoms with Crippen LogP contribution in [0.4, 0.5) is 0 Å². The van der Waals surface area contributed by atoms with Gasteiger partial charge in [-0.15, -0.1) is 0 Å². The van der Waals surface area contributed by atoms with Crippen molar-refractivity contribution < 1.29 is 0 Å². The van der Waals surface area contributed by atoms with Crippen LogP contribution in [0.3, 0.4) is 0 Å². The number of hydrogen-bond donors (Lipinski definition) is 1. The van der Waals surface area contributed by atoms with Crippen LogP contribution in [0.2, 0.25) is 0 Å². The zero-order chi connectivity index (χ0) is 13.5. The standard InChI is InChI=1S/C16H19N3/c1-19-13-15(10-16(19)11-17)12-18-9-5-8-14-6-3-2-4-7-14/h2-4,6-7,10,13,18H,5,8-9,12H2,1H3. The Labute approximate surface area is 114 Å². The molecule has 0 fully saturated rings. The third-order valence-electron chi connectivity index (χ3n) is 3.17. The van der Waals surface area contributed by atoms with Crippen LogP contribution in [-0.2, 0) is 20.0 Å². The monoisotopic (exact) mass is 253 g/mol. The molecule has 98 valence electrons. The lowest BCUT2D eigenvalue weighted by Gasteiger charge is -2.03. The van der Waals surface area contributed by atoms with E-state index in [4.69, 9.17) is 5.26 Å². The van der Waals surface area contributed by atoms with Gasteiger partial charge >= 0.3 is 0 Å². The van der Waals surface area contributed by atoms with Gasteiger partial charge in [-0.05, 0) is 36.6 Å². The summed E-state index contributed by atoms with van der Waals surface area (Å²) in [4.78, 5) is 0. The Hall–Kier alpha value is -2.05. The van der Waals surface area contributed by atoms with E-state index in [0.717, 1.165) is 25.9 Å². The van der Waals surface area contributed by atoms with Crippen molar-refractivity contribution >= 4 is 0 Å². The van der Waals surface area contributed by atoms with Crippen LogP contribution in [0.15, 0.2) is 42.6 Å². The molecule has 0 bridgehead atoms. The number of aryl methyl sites for hydroxylation is 2. The normalized spacial score (nSPS) is 10.3. The maximum absolute atomic E-state index is 8.88. The third-order valence-corrected chi connectivity index (χ3v) is 3.17. The molecular formula is C16H19N3. The van der Waals surface area contributed by atoms with Gasteiger partial charge in [0.1, 0.15) is 11.8 Å². The minimum absolute atomic E-state index is 0.709. The second-order valence-corrected chi connectivity index (χ2v) is 4.72. The second kappa shape index (κ2) is 6.77. The molecule has 1 heterocycles. The van der Waals surface area contributed by atoms with Crippen molar-refractivity contribution in [2.45, 2.75) is 19.4 Å². The molecule has 0 aliphatic carbocycles. The van der Waals surface area contributed by atoms with Crippen molar-refractivity contribution in [3.63, 3.8) is 0 Å². The van der Waals surface area contributed by atoms with Gasteiger partial charge in [0.15, 0.2) is 0 Å². The quantitative estimate of drug-likeness (QED) is 0.804. The Balaban J connectivity index is 1.68. The summed E-state index contributed by atoms with van der Waals surface area (Å²) >= 11 is 0. The highest BCUT2D eigenvalue weighted by Gasteiger charge is 2.01. The van der Waals surface area contributed by atoms with Crippen LogP contribution in [-0.4, -0.2) is 11.1 Å². The van der Waals surface area contributed by atoms with E-state index in [-0.39, 0.29) is 0 Å². The first-order valence-electron chi connectivity index (χ1n) is 6.59. The maximum atomic E-state index is 8.88. The Morgan fingerprint density at radius 1 is 1.21 bits per heavy atom. The number of nitrogens with zero attached hydrogens (tertiary/aromatic N) is 2. The summed E-state index contributed by atoms with van der Waals surface area (Å²) in [7, 11) is 1.90. The van der Waals surface area contributed by atoms with Gasteiger partial charge in [0.05, 0.1) is 0 Å². The van der Waals surface area contributed by atoms with E-state index in [1.807, 2.05) is 29.9 Å². The van der Waals surface area contributed by atoms with Crippen molar-refractivity contribution in [1.29, 1.82) is 5.26 Å². The summed E-state index contributed by atoms with van der Waals surface area (Å²) < 4.78 is 1.86. The molecule has 0 spiro atoms. The molecule has 0 amide bonds. The summed E-state index contributed by atoms with van der Waals surface area (Å²) in [6.07, 6.45) is 4.23. The summed E-state index contributed by atoms with van der Waals surface area (Å²) in [6, 6.07) is 14.6. The number of rotatable bonds is 6. The average molecular weight is 253 g/mol. The SMILES string of the molecule is Cn1cc(CNCCCc2ccccc2)cc1C#N. The Morgan fingerprint density at radius 2 is 2.00 bits per heavy atom.